The molecule has 3 unspecified atom stereocenters. The summed E-state index contributed by atoms with van der Waals surface area (Å²) in [4.78, 5) is 16.0. The van der Waals surface area contributed by atoms with Crippen LogP contribution in [0.25, 0.3) is 0 Å². The molecule has 2 heterocycles. The van der Waals surface area contributed by atoms with E-state index < -0.39 is 0 Å². The lowest BCUT2D eigenvalue weighted by Crippen LogP contribution is -2.47. The molecule has 0 spiro atoms. The van der Waals surface area contributed by atoms with Crippen LogP contribution < -0.4 is 10.8 Å². The minimum absolute atomic E-state index is 0.0656. The molecule has 2 aliphatic heterocycles. The zero-order valence-corrected chi connectivity index (χ0v) is 8.29. The van der Waals surface area contributed by atoms with E-state index >= 15 is 0 Å². The Kier molecular flexibility index (Phi) is 3.00. The van der Waals surface area contributed by atoms with Crippen LogP contribution in [0.1, 0.15) is 19.8 Å². The van der Waals surface area contributed by atoms with Gasteiger partial charge in [-0.25, -0.2) is 5.48 Å². The molecule has 1 amide bonds. The summed E-state index contributed by atoms with van der Waals surface area (Å²) in [7, 11) is 0. The quantitative estimate of drug-likeness (QED) is 0.635. The molecule has 2 fully saturated rings. The van der Waals surface area contributed by atoms with Crippen LogP contribution in [0.3, 0.4) is 0 Å². The minimum atomic E-state index is -0.190. The third-order valence-electron chi connectivity index (χ3n) is 2.66. The molecule has 2 saturated heterocycles. The molecular weight excluding hydrogens is 184 g/mol. The Morgan fingerprint density at radius 1 is 1.57 bits per heavy atom. The molecule has 5 heteroatoms. The Balaban J connectivity index is 1.81. The first-order chi connectivity index (χ1) is 6.75. The summed E-state index contributed by atoms with van der Waals surface area (Å²) in [6.07, 6.45) is 2.21. The summed E-state index contributed by atoms with van der Waals surface area (Å²) < 4.78 is 5.43. The highest BCUT2D eigenvalue weighted by Gasteiger charge is 2.29. The number of nitrogens with one attached hydrogen (secondary N) is 2. The largest absolute Gasteiger partial charge is 0.378 e. The topological polar surface area (TPSA) is 59.6 Å². The molecule has 5 nitrogen and oxygen atoms in total. The van der Waals surface area contributed by atoms with E-state index in [1.807, 2.05) is 0 Å². The molecule has 0 aromatic carbocycles. The van der Waals surface area contributed by atoms with Crippen molar-refractivity contribution >= 4 is 5.91 Å². The van der Waals surface area contributed by atoms with Crippen molar-refractivity contribution in [3.63, 3.8) is 0 Å². The maximum Gasteiger partial charge on any atom is 0.263 e. The fourth-order valence-corrected chi connectivity index (χ4v) is 1.90. The van der Waals surface area contributed by atoms with Gasteiger partial charge in [0.15, 0.2) is 0 Å². The molecule has 80 valence electrons. The van der Waals surface area contributed by atoms with Gasteiger partial charge in [-0.05, 0) is 19.8 Å². The van der Waals surface area contributed by atoms with Gasteiger partial charge in [-0.2, -0.15) is 0 Å². The van der Waals surface area contributed by atoms with Crippen LogP contribution >= 0.6 is 0 Å². The van der Waals surface area contributed by atoms with Crippen molar-refractivity contribution < 1.29 is 14.4 Å². The number of hydroxylamine groups is 1. The zero-order valence-electron chi connectivity index (χ0n) is 8.29. The van der Waals surface area contributed by atoms with Crippen molar-refractivity contribution in [2.75, 3.05) is 13.2 Å². The van der Waals surface area contributed by atoms with Gasteiger partial charge in [0.25, 0.3) is 5.91 Å². The zero-order chi connectivity index (χ0) is 9.97. The molecule has 2 aliphatic rings. The summed E-state index contributed by atoms with van der Waals surface area (Å²) >= 11 is 0. The third kappa shape index (κ3) is 2.23. The van der Waals surface area contributed by atoms with Crippen LogP contribution in [-0.4, -0.2) is 37.3 Å². The third-order valence-corrected chi connectivity index (χ3v) is 2.66. The molecule has 0 saturated carbocycles. The molecule has 0 aromatic heterocycles. The first kappa shape index (κ1) is 9.89. The van der Waals surface area contributed by atoms with Gasteiger partial charge in [0.05, 0.1) is 12.7 Å². The van der Waals surface area contributed by atoms with Gasteiger partial charge in [-0.15, -0.1) is 0 Å². The second-order valence-electron chi connectivity index (χ2n) is 3.90. The number of carbonyl (C=O) groups excluding carboxylic acids is 1. The van der Waals surface area contributed by atoms with Crippen LogP contribution in [0.5, 0.6) is 0 Å². The van der Waals surface area contributed by atoms with Crippen molar-refractivity contribution in [3.8, 4) is 0 Å². The monoisotopic (exact) mass is 200 g/mol. The standard InChI is InChI=1S/C9H16N2O3/c1-6-4-7(2-3-13-6)10-8-5-14-11-9(8)12/h6-8,10H,2-5H2,1H3,(H,11,12). The Morgan fingerprint density at radius 2 is 2.43 bits per heavy atom. The lowest BCUT2D eigenvalue weighted by molar-refractivity contribution is -0.125. The van der Waals surface area contributed by atoms with Gasteiger partial charge >= 0.3 is 0 Å². The lowest BCUT2D eigenvalue weighted by Gasteiger charge is -2.29. The van der Waals surface area contributed by atoms with E-state index in [1.54, 1.807) is 0 Å². The van der Waals surface area contributed by atoms with Gasteiger partial charge in [-0.3, -0.25) is 9.63 Å². The fraction of sp³-hybridized carbons (Fsp3) is 0.889. The van der Waals surface area contributed by atoms with E-state index in [1.165, 1.54) is 0 Å². The van der Waals surface area contributed by atoms with Gasteiger partial charge < -0.3 is 10.1 Å². The molecule has 0 bridgehead atoms. The van der Waals surface area contributed by atoms with Crippen LogP contribution in [0, 0.1) is 0 Å². The molecule has 2 rings (SSSR count). The predicted octanol–water partition coefficient (Wildman–Crippen LogP) is -0.426. The maximum atomic E-state index is 11.2. The smallest absolute Gasteiger partial charge is 0.263 e. The number of rotatable bonds is 2. The normalized spacial score (nSPS) is 38.4. The Labute approximate surface area is 83.1 Å². The number of amides is 1. The lowest BCUT2D eigenvalue weighted by atomic mass is 10.0. The highest BCUT2D eigenvalue weighted by atomic mass is 16.7. The summed E-state index contributed by atoms with van der Waals surface area (Å²) in [6, 6.07) is 0.182. The van der Waals surface area contributed by atoms with Crippen molar-refractivity contribution in [1.82, 2.24) is 10.8 Å². The first-order valence-corrected chi connectivity index (χ1v) is 5.05. The van der Waals surface area contributed by atoms with E-state index in [0.29, 0.717) is 12.6 Å². The van der Waals surface area contributed by atoms with Crippen LogP contribution in [0.15, 0.2) is 0 Å². The number of hydrogen-bond acceptors (Lipinski definition) is 4. The first-order valence-electron chi connectivity index (χ1n) is 5.05. The van der Waals surface area contributed by atoms with E-state index in [9.17, 15) is 4.79 Å². The summed E-state index contributed by atoms with van der Waals surface area (Å²) in [5.41, 5.74) is 2.34. The average Bonchev–Trinajstić information content (AvgIpc) is 2.52. The van der Waals surface area contributed by atoms with Crippen molar-refractivity contribution in [2.45, 2.75) is 38.0 Å². The van der Waals surface area contributed by atoms with Crippen LogP contribution in [0.2, 0.25) is 0 Å². The highest BCUT2D eigenvalue weighted by molar-refractivity contribution is 5.82. The minimum Gasteiger partial charge on any atom is -0.378 e. The predicted molar refractivity (Wildman–Crippen MR) is 49.5 cm³/mol. The molecule has 3 atom stereocenters. The van der Waals surface area contributed by atoms with Gasteiger partial charge in [0.2, 0.25) is 0 Å². The van der Waals surface area contributed by atoms with E-state index in [2.05, 4.69) is 17.7 Å². The van der Waals surface area contributed by atoms with Crippen LogP contribution in [-0.2, 0) is 14.4 Å². The fourth-order valence-electron chi connectivity index (χ4n) is 1.90. The Morgan fingerprint density at radius 3 is 3.07 bits per heavy atom. The van der Waals surface area contributed by atoms with E-state index in [0.717, 1.165) is 19.4 Å². The number of hydrogen-bond donors (Lipinski definition) is 2. The molecule has 14 heavy (non-hydrogen) atoms. The van der Waals surface area contributed by atoms with Crippen molar-refractivity contribution in [1.29, 1.82) is 0 Å². The highest BCUT2D eigenvalue weighted by Crippen LogP contribution is 2.14. The molecular formula is C9H16N2O3. The van der Waals surface area contributed by atoms with Gasteiger partial charge in [0, 0.05) is 12.6 Å². The van der Waals surface area contributed by atoms with Crippen LogP contribution in [0.4, 0.5) is 0 Å². The van der Waals surface area contributed by atoms with Gasteiger partial charge in [0.1, 0.15) is 6.04 Å². The molecule has 0 aromatic rings. The summed E-state index contributed by atoms with van der Waals surface area (Å²) in [5.74, 6) is -0.0656. The van der Waals surface area contributed by atoms with E-state index in [-0.39, 0.29) is 18.1 Å². The molecule has 0 radical (unpaired) electrons. The molecule has 2 N–H and O–H groups in total. The SMILES string of the molecule is CC1CC(NC2CONC2=O)CCO1. The van der Waals surface area contributed by atoms with Gasteiger partial charge in [-0.1, -0.05) is 0 Å². The molecule has 0 aliphatic carbocycles. The average molecular weight is 200 g/mol. The second-order valence-corrected chi connectivity index (χ2v) is 3.90. The Hall–Kier alpha value is -0.650. The summed E-state index contributed by atoms with van der Waals surface area (Å²) in [6.45, 7) is 3.25. The van der Waals surface area contributed by atoms with Crippen molar-refractivity contribution in [2.24, 2.45) is 0 Å². The van der Waals surface area contributed by atoms with Crippen molar-refractivity contribution in [3.05, 3.63) is 0 Å². The Bertz CT molecular complexity index is 222. The second kappa shape index (κ2) is 4.25. The maximum absolute atomic E-state index is 11.2. The number of carbonyl (C=O) groups is 1. The summed E-state index contributed by atoms with van der Waals surface area (Å²) in [5, 5.41) is 3.28. The number of ether oxygens (including phenoxy) is 1. The van der Waals surface area contributed by atoms with E-state index in [4.69, 9.17) is 9.57 Å².